The fraction of sp³-hybridized carbons (Fsp3) is 0.500. The Hall–Kier alpha value is -1.68. The third kappa shape index (κ3) is 4.01. The van der Waals surface area contributed by atoms with Crippen LogP contribution >= 0.6 is 12.4 Å². The van der Waals surface area contributed by atoms with Crippen LogP contribution in [0.2, 0.25) is 0 Å². The molecule has 8 nitrogen and oxygen atoms in total. The molecule has 0 saturated carbocycles. The monoisotopic (exact) mass is 402 g/mol. The molecule has 3 rings (SSSR count). The zero-order valence-corrected chi connectivity index (χ0v) is 15.8. The smallest absolute Gasteiger partial charge is 0.238 e. The average molecular weight is 403 g/mol. The second kappa shape index (κ2) is 7.91. The van der Waals surface area contributed by atoms with Crippen LogP contribution in [0, 0.1) is 5.92 Å². The van der Waals surface area contributed by atoms with E-state index in [0.717, 1.165) is 12.8 Å². The highest BCUT2D eigenvalue weighted by atomic mass is 35.5. The lowest BCUT2D eigenvalue weighted by Crippen LogP contribution is -2.43. The quantitative estimate of drug-likeness (QED) is 0.736. The molecule has 144 valence electrons. The number of benzene rings is 1. The summed E-state index contributed by atoms with van der Waals surface area (Å²) in [5.74, 6) is -0.683. The number of carbonyl (C=O) groups is 2. The number of halogens is 1. The summed E-state index contributed by atoms with van der Waals surface area (Å²) in [6, 6.07) is 5.94. The molecule has 0 aromatic heterocycles. The van der Waals surface area contributed by atoms with Gasteiger partial charge in [0.25, 0.3) is 0 Å². The number of amides is 2. The molecular weight excluding hydrogens is 380 g/mol. The SMILES string of the molecule is Cl.NCC1CCCN1C(=O)C1CC(=O)N(c2cccc(S(N)(=O)=O)c2)C1. The molecule has 2 aliphatic rings. The molecule has 1 aromatic carbocycles. The fourth-order valence-electron chi connectivity index (χ4n) is 3.56. The van der Waals surface area contributed by atoms with Gasteiger partial charge in [0.1, 0.15) is 0 Å². The lowest BCUT2D eigenvalue weighted by atomic mass is 10.1. The van der Waals surface area contributed by atoms with Crippen LogP contribution in [-0.4, -0.2) is 50.8 Å². The lowest BCUT2D eigenvalue weighted by Gasteiger charge is -2.26. The van der Waals surface area contributed by atoms with Gasteiger partial charge >= 0.3 is 0 Å². The number of hydrogen-bond donors (Lipinski definition) is 2. The van der Waals surface area contributed by atoms with Gasteiger partial charge in [-0.2, -0.15) is 0 Å². The van der Waals surface area contributed by atoms with Crippen LogP contribution < -0.4 is 15.8 Å². The highest BCUT2D eigenvalue weighted by Crippen LogP contribution is 2.29. The number of anilines is 1. The van der Waals surface area contributed by atoms with Gasteiger partial charge in [0.2, 0.25) is 21.8 Å². The number of carbonyl (C=O) groups excluding carboxylic acids is 2. The van der Waals surface area contributed by atoms with Crippen molar-refractivity contribution < 1.29 is 18.0 Å². The van der Waals surface area contributed by atoms with E-state index in [1.165, 1.54) is 23.1 Å². The van der Waals surface area contributed by atoms with Crippen LogP contribution in [0.3, 0.4) is 0 Å². The normalized spacial score (nSPS) is 23.2. The van der Waals surface area contributed by atoms with E-state index in [1.807, 2.05) is 0 Å². The molecular formula is C16H23ClN4O4S. The van der Waals surface area contributed by atoms with Gasteiger partial charge in [-0.1, -0.05) is 6.07 Å². The third-order valence-corrected chi connectivity index (χ3v) is 5.78. The molecule has 0 radical (unpaired) electrons. The second-order valence-corrected chi connectivity index (χ2v) is 8.07. The minimum Gasteiger partial charge on any atom is -0.338 e. The highest BCUT2D eigenvalue weighted by molar-refractivity contribution is 7.89. The predicted octanol–water partition coefficient (Wildman–Crippen LogP) is 0.0584. The highest BCUT2D eigenvalue weighted by Gasteiger charge is 2.40. The summed E-state index contributed by atoms with van der Waals surface area (Å²) in [5.41, 5.74) is 6.16. The lowest BCUT2D eigenvalue weighted by molar-refractivity contribution is -0.136. The molecule has 1 aromatic rings. The van der Waals surface area contributed by atoms with Gasteiger partial charge in [-0.3, -0.25) is 9.59 Å². The predicted molar refractivity (Wildman–Crippen MR) is 99.3 cm³/mol. The van der Waals surface area contributed by atoms with Crippen LogP contribution in [0.4, 0.5) is 5.69 Å². The summed E-state index contributed by atoms with van der Waals surface area (Å²) in [6.45, 7) is 1.33. The van der Waals surface area contributed by atoms with Gasteiger partial charge in [-0.15, -0.1) is 12.4 Å². The van der Waals surface area contributed by atoms with Crippen molar-refractivity contribution in [2.24, 2.45) is 16.8 Å². The summed E-state index contributed by atoms with van der Waals surface area (Å²) in [4.78, 5) is 28.3. The molecule has 2 heterocycles. The first kappa shape index (κ1) is 20.6. The van der Waals surface area contributed by atoms with Crippen molar-refractivity contribution in [3.63, 3.8) is 0 Å². The summed E-state index contributed by atoms with van der Waals surface area (Å²) in [5, 5.41) is 5.14. The zero-order chi connectivity index (χ0) is 18.2. The van der Waals surface area contributed by atoms with Gasteiger partial charge in [-0.05, 0) is 31.0 Å². The summed E-state index contributed by atoms with van der Waals surface area (Å²) >= 11 is 0. The molecule has 26 heavy (non-hydrogen) atoms. The summed E-state index contributed by atoms with van der Waals surface area (Å²) in [6.07, 6.45) is 1.93. The van der Waals surface area contributed by atoms with E-state index in [0.29, 0.717) is 18.8 Å². The van der Waals surface area contributed by atoms with Gasteiger partial charge < -0.3 is 15.5 Å². The Balaban J connectivity index is 0.00000243. The number of hydrogen-bond acceptors (Lipinski definition) is 5. The minimum absolute atomic E-state index is 0. The second-order valence-electron chi connectivity index (χ2n) is 6.51. The Morgan fingerprint density at radius 1 is 1.31 bits per heavy atom. The Kier molecular flexibility index (Phi) is 6.28. The molecule has 2 atom stereocenters. The molecule has 2 saturated heterocycles. The number of rotatable bonds is 4. The molecule has 0 bridgehead atoms. The fourth-order valence-corrected chi connectivity index (χ4v) is 4.11. The first-order valence-corrected chi connectivity index (χ1v) is 9.79. The Bertz CT molecular complexity index is 801. The molecule has 4 N–H and O–H groups in total. The van der Waals surface area contributed by atoms with Gasteiger partial charge in [-0.25, -0.2) is 13.6 Å². The van der Waals surface area contributed by atoms with Crippen molar-refractivity contribution in [2.75, 3.05) is 24.5 Å². The van der Waals surface area contributed by atoms with Gasteiger partial charge in [0, 0.05) is 37.8 Å². The average Bonchev–Trinajstić information content (AvgIpc) is 3.20. The maximum absolute atomic E-state index is 12.7. The number of sulfonamides is 1. The van der Waals surface area contributed by atoms with Crippen molar-refractivity contribution in [2.45, 2.75) is 30.2 Å². The number of nitrogens with zero attached hydrogens (tertiary/aromatic N) is 2. The number of primary sulfonamides is 1. The Morgan fingerprint density at radius 3 is 2.69 bits per heavy atom. The van der Waals surface area contributed by atoms with E-state index >= 15 is 0 Å². The molecule has 2 amide bonds. The minimum atomic E-state index is -3.85. The summed E-state index contributed by atoms with van der Waals surface area (Å²) in [7, 11) is -3.85. The van der Waals surface area contributed by atoms with Crippen molar-refractivity contribution in [1.82, 2.24) is 4.90 Å². The van der Waals surface area contributed by atoms with Gasteiger partial charge in [0.05, 0.1) is 10.8 Å². The van der Waals surface area contributed by atoms with E-state index in [2.05, 4.69) is 0 Å². The van der Waals surface area contributed by atoms with E-state index in [-0.39, 0.29) is 48.1 Å². The van der Waals surface area contributed by atoms with Crippen molar-refractivity contribution >= 4 is 39.9 Å². The first-order chi connectivity index (χ1) is 11.8. The molecule has 2 fully saturated rings. The zero-order valence-electron chi connectivity index (χ0n) is 14.2. The van der Waals surface area contributed by atoms with E-state index in [9.17, 15) is 18.0 Å². The molecule has 0 aliphatic carbocycles. The molecule has 2 aliphatic heterocycles. The summed E-state index contributed by atoms with van der Waals surface area (Å²) < 4.78 is 23.0. The van der Waals surface area contributed by atoms with Crippen LogP contribution in [0.15, 0.2) is 29.2 Å². The maximum Gasteiger partial charge on any atom is 0.238 e. The first-order valence-electron chi connectivity index (χ1n) is 8.25. The number of nitrogens with two attached hydrogens (primary N) is 2. The van der Waals surface area contributed by atoms with Crippen LogP contribution in [0.5, 0.6) is 0 Å². The maximum atomic E-state index is 12.7. The van der Waals surface area contributed by atoms with E-state index < -0.39 is 15.9 Å². The van der Waals surface area contributed by atoms with Crippen LogP contribution in [-0.2, 0) is 19.6 Å². The van der Waals surface area contributed by atoms with E-state index in [4.69, 9.17) is 10.9 Å². The largest absolute Gasteiger partial charge is 0.338 e. The van der Waals surface area contributed by atoms with E-state index in [1.54, 1.807) is 11.0 Å². The van der Waals surface area contributed by atoms with Crippen LogP contribution in [0.25, 0.3) is 0 Å². The van der Waals surface area contributed by atoms with Crippen LogP contribution in [0.1, 0.15) is 19.3 Å². The van der Waals surface area contributed by atoms with Crippen molar-refractivity contribution in [3.8, 4) is 0 Å². The molecule has 10 heteroatoms. The standard InChI is InChI=1S/C16H22N4O4S.ClH/c17-9-13-4-2-6-19(13)16(22)11-7-15(21)20(10-11)12-3-1-5-14(8-12)25(18,23)24;/h1,3,5,8,11,13H,2,4,6-7,9-10,17H2,(H2,18,23,24);1H. The van der Waals surface area contributed by atoms with Crippen molar-refractivity contribution in [3.05, 3.63) is 24.3 Å². The number of likely N-dealkylation sites (tertiary alicyclic amines) is 1. The topological polar surface area (TPSA) is 127 Å². The third-order valence-electron chi connectivity index (χ3n) is 4.86. The molecule has 0 spiro atoms. The Morgan fingerprint density at radius 2 is 2.04 bits per heavy atom. The van der Waals surface area contributed by atoms with Crippen molar-refractivity contribution in [1.29, 1.82) is 0 Å². The van der Waals surface area contributed by atoms with Gasteiger partial charge in [0.15, 0.2) is 0 Å². The Labute approximate surface area is 159 Å². The molecule has 2 unspecified atom stereocenters.